The van der Waals surface area contributed by atoms with Crippen LogP contribution < -0.4 is 4.90 Å². The number of likely N-dealkylation sites (tertiary alicyclic amines) is 1. The van der Waals surface area contributed by atoms with Gasteiger partial charge in [0.05, 0.1) is 0 Å². The number of anilines is 1. The number of carboxylic acids is 1. The maximum atomic E-state index is 11.2. The number of carboxylic acid groups (broad SMARTS) is 1. The van der Waals surface area contributed by atoms with Gasteiger partial charge in [-0.25, -0.2) is 0 Å². The quantitative estimate of drug-likeness (QED) is 0.875. The summed E-state index contributed by atoms with van der Waals surface area (Å²) in [6, 6.07) is 10.2. The fourth-order valence-electron chi connectivity index (χ4n) is 3.13. The van der Waals surface area contributed by atoms with Crippen molar-refractivity contribution in [3.63, 3.8) is 0 Å². The first-order chi connectivity index (χ1) is 10.1. The molecule has 4 nitrogen and oxygen atoms in total. The summed E-state index contributed by atoms with van der Waals surface area (Å²) in [5.74, 6) is -0.0748. The number of aliphatic carboxylic acids is 1. The average Bonchev–Trinajstić information content (AvgIpc) is 2.46. The molecule has 0 unspecified atom stereocenters. The van der Waals surface area contributed by atoms with Gasteiger partial charge in [-0.3, -0.25) is 4.79 Å². The van der Waals surface area contributed by atoms with Crippen LogP contribution in [0.15, 0.2) is 30.3 Å². The van der Waals surface area contributed by atoms with Crippen LogP contribution in [-0.2, 0) is 4.79 Å². The molecule has 0 aromatic heterocycles. The van der Waals surface area contributed by atoms with Gasteiger partial charge in [-0.15, -0.1) is 0 Å². The van der Waals surface area contributed by atoms with Crippen LogP contribution in [-0.4, -0.2) is 48.2 Å². The Labute approximate surface area is 127 Å². The number of para-hydroxylation sites is 1. The van der Waals surface area contributed by atoms with Crippen LogP contribution in [0.25, 0.3) is 0 Å². The number of carbonyl (C=O) groups is 1. The lowest BCUT2D eigenvalue weighted by Gasteiger charge is -2.39. The van der Waals surface area contributed by atoms with E-state index in [-0.39, 0.29) is 6.54 Å². The average molecular weight is 290 g/mol. The van der Waals surface area contributed by atoms with Gasteiger partial charge >= 0.3 is 5.97 Å². The van der Waals surface area contributed by atoms with Crippen molar-refractivity contribution in [1.29, 1.82) is 0 Å². The molecule has 4 heteroatoms. The lowest BCUT2D eigenvalue weighted by atomic mass is 10.0. The minimum atomic E-state index is -0.761. The van der Waals surface area contributed by atoms with Crippen LogP contribution >= 0.6 is 0 Å². The van der Waals surface area contributed by atoms with Crippen molar-refractivity contribution in [2.45, 2.75) is 32.7 Å². The second-order valence-corrected chi connectivity index (χ2v) is 6.28. The highest BCUT2D eigenvalue weighted by atomic mass is 16.4. The van der Waals surface area contributed by atoms with Gasteiger partial charge in [0.2, 0.25) is 0 Å². The van der Waals surface area contributed by atoms with Crippen LogP contribution in [0.2, 0.25) is 0 Å². The number of hydrogen-bond donors (Lipinski definition) is 1. The number of benzene rings is 1. The van der Waals surface area contributed by atoms with Crippen LogP contribution in [0.1, 0.15) is 26.7 Å². The van der Waals surface area contributed by atoms with Gasteiger partial charge in [-0.1, -0.05) is 32.0 Å². The van der Waals surface area contributed by atoms with Crippen molar-refractivity contribution in [3.05, 3.63) is 30.3 Å². The SMILES string of the molecule is CC(C)CN1CCC(N(CC(=O)O)c2ccccc2)CC1. The van der Waals surface area contributed by atoms with E-state index < -0.39 is 5.97 Å². The monoisotopic (exact) mass is 290 g/mol. The molecule has 1 aromatic rings. The third kappa shape index (κ3) is 4.74. The van der Waals surface area contributed by atoms with Crippen molar-refractivity contribution < 1.29 is 9.90 Å². The molecule has 1 aromatic carbocycles. The maximum Gasteiger partial charge on any atom is 0.323 e. The van der Waals surface area contributed by atoms with Crippen LogP contribution in [0, 0.1) is 5.92 Å². The highest BCUT2D eigenvalue weighted by Gasteiger charge is 2.26. The van der Waals surface area contributed by atoms with Crippen molar-refractivity contribution in [3.8, 4) is 0 Å². The van der Waals surface area contributed by atoms with E-state index in [1.165, 1.54) is 0 Å². The van der Waals surface area contributed by atoms with Gasteiger partial charge in [0, 0.05) is 31.4 Å². The zero-order chi connectivity index (χ0) is 15.2. The molecule has 1 fully saturated rings. The molecule has 1 saturated heterocycles. The second kappa shape index (κ2) is 7.46. The smallest absolute Gasteiger partial charge is 0.323 e. The Hall–Kier alpha value is -1.55. The minimum absolute atomic E-state index is 0.0822. The fraction of sp³-hybridized carbons (Fsp3) is 0.588. The first kappa shape index (κ1) is 15.8. The Morgan fingerprint density at radius 3 is 2.43 bits per heavy atom. The normalized spacial score (nSPS) is 17.1. The molecule has 1 N–H and O–H groups in total. The molecule has 2 rings (SSSR count). The molecule has 1 heterocycles. The van der Waals surface area contributed by atoms with Gasteiger partial charge in [0.25, 0.3) is 0 Å². The van der Waals surface area contributed by atoms with E-state index >= 15 is 0 Å². The molecule has 0 bridgehead atoms. The topological polar surface area (TPSA) is 43.8 Å². The van der Waals surface area contributed by atoms with E-state index in [1.54, 1.807) is 0 Å². The van der Waals surface area contributed by atoms with Crippen LogP contribution in [0.3, 0.4) is 0 Å². The summed E-state index contributed by atoms with van der Waals surface area (Å²) in [4.78, 5) is 15.7. The summed E-state index contributed by atoms with van der Waals surface area (Å²) in [5.41, 5.74) is 1.02. The van der Waals surface area contributed by atoms with Gasteiger partial charge < -0.3 is 14.9 Å². The Morgan fingerprint density at radius 2 is 1.90 bits per heavy atom. The van der Waals surface area contributed by atoms with E-state index in [0.29, 0.717) is 12.0 Å². The van der Waals surface area contributed by atoms with Gasteiger partial charge in [0.1, 0.15) is 6.54 Å². The Bertz CT molecular complexity index is 439. The third-order valence-corrected chi connectivity index (χ3v) is 4.01. The molecule has 1 aliphatic rings. The molecule has 0 spiro atoms. The van der Waals surface area contributed by atoms with E-state index in [4.69, 9.17) is 0 Å². The molecule has 116 valence electrons. The molecular formula is C17H26N2O2. The largest absolute Gasteiger partial charge is 0.480 e. The van der Waals surface area contributed by atoms with Crippen molar-refractivity contribution in [2.75, 3.05) is 31.1 Å². The summed E-state index contributed by atoms with van der Waals surface area (Å²) in [5, 5.41) is 9.19. The zero-order valence-corrected chi connectivity index (χ0v) is 13.0. The first-order valence-corrected chi connectivity index (χ1v) is 7.82. The summed E-state index contributed by atoms with van der Waals surface area (Å²) in [6.45, 7) is 7.83. The molecule has 0 atom stereocenters. The summed E-state index contributed by atoms with van der Waals surface area (Å²) in [6.07, 6.45) is 2.07. The molecule has 0 amide bonds. The number of piperidine rings is 1. The second-order valence-electron chi connectivity index (χ2n) is 6.28. The maximum absolute atomic E-state index is 11.2. The van der Waals surface area contributed by atoms with Crippen molar-refractivity contribution >= 4 is 11.7 Å². The standard InChI is InChI=1S/C17H26N2O2/c1-14(2)12-18-10-8-16(9-11-18)19(13-17(20)21)15-6-4-3-5-7-15/h3-7,14,16H,8-13H2,1-2H3,(H,20,21). The van der Waals surface area contributed by atoms with E-state index in [1.807, 2.05) is 30.3 Å². The van der Waals surface area contributed by atoms with Crippen molar-refractivity contribution in [1.82, 2.24) is 4.90 Å². The molecular weight excluding hydrogens is 264 g/mol. The predicted octanol–water partition coefficient (Wildman–Crippen LogP) is 2.70. The Kier molecular flexibility index (Phi) is 5.62. The lowest BCUT2D eigenvalue weighted by molar-refractivity contribution is -0.135. The number of hydrogen-bond acceptors (Lipinski definition) is 3. The van der Waals surface area contributed by atoms with E-state index in [2.05, 4.69) is 23.6 Å². The number of rotatable bonds is 6. The molecule has 1 aliphatic heterocycles. The Morgan fingerprint density at radius 1 is 1.29 bits per heavy atom. The van der Waals surface area contributed by atoms with Crippen LogP contribution in [0.4, 0.5) is 5.69 Å². The van der Waals surface area contributed by atoms with Crippen molar-refractivity contribution in [2.24, 2.45) is 5.92 Å². The van der Waals surface area contributed by atoms with E-state index in [0.717, 1.165) is 38.2 Å². The third-order valence-electron chi connectivity index (χ3n) is 4.01. The lowest BCUT2D eigenvalue weighted by Crippen LogP contribution is -2.47. The zero-order valence-electron chi connectivity index (χ0n) is 13.0. The first-order valence-electron chi connectivity index (χ1n) is 7.82. The van der Waals surface area contributed by atoms with Crippen LogP contribution in [0.5, 0.6) is 0 Å². The van der Waals surface area contributed by atoms with E-state index in [9.17, 15) is 9.90 Å². The fourth-order valence-corrected chi connectivity index (χ4v) is 3.13. The highest BCUT2D eigenvalue weighted by molar-refractivity contribution is 5.74. The summed E-state index contributed by atoms with van der Waals surface area (Å²) < 4.78 is 0. The van der Waals surface area contributed by atoms with Gasteiger partial charge in [-0.05, 0) is 30.9 Å². The molecule has 0 radical (unpaired) electrons. The predicted molar refractivity (Wildman–Crippen MR) is 85.7 cm³/mol. The minimum Gasteiger partial charge on any atom is -0.480 e. The summed E-state index contributed by atoms with van der Waals surface area (Å²) in [7, 11) is 0. The molecule has 21 heavy (non-hydrogen) atoms. The number of nitrogens with zero attached hydrogens (tertiary/aromatic N) is 2. The molecule has 0 saturated carbocycles. The van der Waals surface area contributed by atoms with Gasteiger partial charge in [-0.2, -0.15) is 0 Å². The highest BCUT2D eigenvalue weighted by Crippen LogP contribution is 2.23. The Balaban J connectivity index is 2.01. The van der Waals surface area contributed by atoms with Gasteiger partial charge in [0.15, 0.2) is 0 Å². The molecule has 0 aliphatic carbocycles. The summed E-state index contributed by atoms with van der Waals surface area (Å²) >= 11 is 0.